The summed E-state index contributed by atoms with van der Waals surface area (Å²) in [7, 11) is 0. The van der Waals surface area contributed by atoms with Gasteiger partial charge in [0.1, 0.15) is 11.6 Å². The summed E-state index contributed by atoms with van der Waals surface area (Å²) in [6.45, 7) is 1.28. The van der Waals surface area contributed by atoms with Crippen LogP contribution in [-0.4, -0.2) is 17.7 Å². The zero-order chi connectivity index (χ0) is 21.0. The second-order valence-electron chi connectivity index (χ2n) is 5.95. The number of hydrazine groups is 1. The zero-order valence-electron chi connectivity index (χ0n) is 15.1. The number of nitrogens with one attached hydrogen (secondary N) is 3. The predicted octanol–water partition coefficient (Wildman–Crippen LogP) is 3.73. The molecule has 0 radical (unpaired) electrons. The van der Waals surface area contributed by atoms with Gasteiger partial charge in [-0.3, -0.25) is 25.2 Å². The minimum Gasteiger partial charge on any atom is -0.326 e. The molecule has 1 heterocycles. The molecule has 3 rings (SSSR count). The van der Waals surface area contributed by atoms with Gasteiger partial charge in [-0.25, -0.2) is 8.78 Å². The molecule has 0 aliphatic heterocycles. The molecule has 0 aliphatic carbocycles. The first-order valence-electron chi connectivity index (χ1n) is 8.37. The molecule has 0 saturated heterocycles. The summed E-state index contributed by atoms with van der Waals surface area (Å²) in [5.41, 5.74) is 5.01. The van der Waals surface area contributed by atoms with E-state index in [9.17, 15) is 23.2 Å². The summed E-state index contributed by atoms with van der Waals surface area (Å²) in [4.78, 5) is 36.6. The molecule has 2 aromatic carbocycles. The van der Waals surface area contributed by atoms with Crippen LogP contribution in [0.1, 0.15) is 27.0 Å². The summed E-state index contributed by atoms with van der Waals surface area (Å²) in [6.07, 6.45) is 0. The highest BCUT2D eigenvalue weighted by Crippen LogP contribution is 2.28. The van der Waals surface area contributed by atoms with Gasteiger partial charge >= 0.3 is 0 Å². The topological polar surface area (TPSA) is 87.3 Å². The molecule has 3 amide bonds. The number of anilines is 1. The lowest BCUT2D eigenvalue weighted by atomic mass is 10.1. The van der Waals surface area contributed by atoms with Crippen molar-refractivity contribution in [1.82, 2.24) is 10.9 Å². The Morgan fingerprint density at radius 2 is 1.55 bits per heavy atom. The number of hydrogen-bond donors (Lipinski definition) is 3. The van der Waals surface area contributed by atoms with Crippen LogP contribution >= 0.6 is 11.3 Å². The van der Waals surface area contributed by atoms with Gasteiger partial charge in [0.15, 0.2) is 0 Å². The van der Waals surface area contributed by atoms with E-state index in [4.69, 9.17) is 0 Å². The molecule has 0 unspecified atom stereocenters. The Morgan fingerprint density at radius 1 is 0.862 bits per heavy atom. The van der Waals surface area contributed by atoms with Crippen molar-refractivity contribution in [3.63, 3.8) is 0 Å². The van der Waals surface area contributed by atoms with Gasteiger partial charge in [-0.05, 0) is 48.0 Å². The molecule has 6 nitrogen and oxygen atoms in total. The molecule has 0 bridgehead atoms. The molecular weight excluding hydrogens is 400 g/mol. The van der Waals surface area contributed by atoms with Crippen LogP contribution in [0.15, 0.2) is 54.6 Å². The number of hydrogen-bond acceptors (Lipinski definition) is 4. The molecule has 1 aromatic heterocycles. The van der Waals surface area contributed by atoms with Crippen LogP contribution in [0.25, 0.3) is 10.4 Å². The van der Waals surface area contributed by atoms with Crippen molar-refractivity contribution < 1.29 is 23.2 Å². The minimum atomic E-state index is -0.877. The van der Waals surface area contributed by atoms with Crippen molar-refractivity contribution in [3.05, 3.63) is 76.7 Å². The van der Waals surface area contributed by atoms with E-state index < -0.39 is 17.6 Å². The molecule has 148 valence electrons. The lowest BCUT2D eigenvalue weighted by molar-refractivity contribution is -0.114. The number of rotatable bonds is 4. The Kier molecular flexibility index (Phi) is 5.99. The molecular formula is C20H15F2N3O3S. The molecule has 3 aromatic rings. The highest BCUT2D eigenvalue weighted by atomic mass is 32.1. The van der Waals surface area contributed by atoms with Crippen molar-refractivity contribution >= 4 is 34.7 Å². The van der Waals surface area contributed by atoms with Crippen LogP contribution in [0.2, 0.25) is 0 Å². The van der Waals surface area contributed by atoms with E-state index in [1.807, 2.05) is 0 Å². The van der Waals surface area contributed by atoms with Crippen LogP contribution in [-0.2, 0) is 4.79 Å². The van der Waals surface area contributed by atoms with Crippen molar-refractivity contribution in [1.29, 1.82) is 0 Å². The average molecular weight is 415 g/mol. The quantitative estimate of drug-likeness (QED) is 0.568. The predicted molar refractivity (Wildman–Crippen MR) is 105 cm³/mol. The summed E-state index contributed by atoms with van der Waals surface area (Å²) >= 11 is 1.15. The molecule has 0 fully saturated rings. The summed E-state index contributed by atoms with van der Waals surface area (Å²) in [6, 6.07) is 12.6. The Hall–Kier alpha value is -3.59. The van der Waals surface area contributed by atoms with Gasteiger partial charge in [-0.1, -0.05) is 12.1 Å². The van der Waals surface area contributed by atoms with Crippen molar-refractivity contribution in [2.75, 3.05) is 5.32 Å². The summed E-state index contributed by atoms with van der Waals surface area (Å²) < 4.78 is 26.9. The second-order valence-corrected chi connectivity index (χ2v) is 7.04. The third kappa shape index (κ3) is 5.02. The van der Waals surface area contributed by atoms with Gasteiger partial charge in [0.25, 0.3) is 11.8 Å². The molecule has 0 spiro atoms. The number of amides is 3. The number of halogens is 2. The largest absolute Gasteiger partial charge is 0.326 e. The number of benzene rings is 2. The van der Waals surface area contributed by atoms with Crippen molar-refractivity contribution in [2.24, 2.45) is 0 Å². The highest BCUT2D eigenvalue weighted by molar-refractivity contribution is 7.17. The number of carbonyl (C=O) groups excluding carboxylic acids is 3. The van der Waals surface area contributed by atoms with Gasteiger partial charge in [-0.2, -0.15) is 0 Å². The third-order valence-electron chi connectivity index (χ3n) is 3.78. The smallest absolute Gasteiger partial charge is 0.279 e. The maximum Gasteiger partial charge on any atom is 0.279 e. The monoisotopic (exact) mass is 415 g/mol. The number of thiophene rings is 1. The van der Waals surface area contributed by atoms with E-state index in [1.54, 1.807) is 24.3 Å². The molecule has 9 heteroatoms. The van der Waals surface area contributed by atoms with Crippen LogP contribution in [0.4, 0.5) is 14.5 Å². The first kappa shape index (κ1) is 20.2. The van der Waals surface area contributed by atoms with Gasteiger partial charge < -0.3 is 5.32 Å². The minimum absolute atomic E-state index is 0.248. The highest BCUT2D eigenvalue weighted by Gasteiger charge is 2.16. The second kappa shape index (κ2) is 8.61. The normalized spacial score (nSPS) is 10.3. The third-order valence-corrected chi connectivity index (χ3v) is 4.91. The summed E-state index contributed by atoms with van der Waals surface area (Å²) in [5, 5.41) is 2.45. The van der Waals surface area contributed by atoms with Gasteiger partial charge in [0.2, 0.25) is 5.91 Å². The molecule has 0 aliphatic rings. The maximum atomic E-state index is 13.9. The Balaban J connectivity index is 1.66. The van der Waals surface area contributed by atoms with Gasteiger partial charge in [-0.15, -0.1) is 11.3 Å². The first-order chi connectivity index (χ1) is 13.8. The number of carbonyl (C=O) groups is 3. The van der Waals surface area contributed by atoms with Crippen molar-refractivity contribution in [3.8, 4) is 10.4 Å². The molecule has 29 heavy (non-hydrogen) atoms. The Labute approximate surface area is 168 Å². The van der Waals surface area contributed by atoms with Crippen LogP contribution in [0.5, 0.6) is 0 Å². The van der Waals surface area contributed by atoms with Crippen LogP contribution in [0.3, 0.4) is 0 Å². The Bertz CT molecular complexity index is 1080. The van der Waals surface area contributed by atoms with E-state index in [1.165, 1.54) is 25.1 Å². The van der Waals surface area contributed by atoms with E-state index in [-0.39, 0.29) is 23.0 Å². The molecule has 0 saturated carbocycles. The fourth-order valence-corrected chi connectivity index (χ4v) is 3.36. The lowest BCUT2D eigenvalue weighted by Crippen LogP contribution is -2.41. The first-order valence-corrected chi connectivity index (χ1v) is 9.19. The van der Waals surface area contributed by atoms with E-state index in [0.29, 0.717) is 4.88 Å². The van der Waals surface area contributed by atoms with E-state index in [2.05, 4.69) is 16.2 Å². The zero-order valence-corrected chi connectivity index (χ0v) is 15.9. The van der Waals surface area contributed by atoms with Crippen LogP contribution in [0, 0.1) is 11.6 Å². The van der Waals surface area contributed by atoms with Gasteiger partial charge in [0.05, 0.1) is 10.4 Å². The standard InChI is InChI=1S/C20H15F2N3O3S/c1-11(26)23-14-6-7-16(22)15(10-14)19(27)24-25-20(28)18-9-8-17(29-18)12-2-4-13(21)5-3-12/h2-10H,1H3,(H,23,26)(H,24,27)(H,25,28). The van der Waals surface area contributed by atoms with Gasteiger partial charge in [0, 0.05) is 17.5 Å². The van der Waals surface area contributed by atoms with Crippen molar-refractivity contribution in [2.45, 2.75) is 6.92 Å². The molecule has 3 N–H and O–H groups in total. The lowest BCUT2D eigenvalue weighted by Gasteiger charge is -2.09. The SMILES string of the molecule is CC(=O)Nc1ccc(F)c(C(=O)NNC(=O)c2ccc(-c3ccc(F)cc3)s2)c1. The molecule has 0 atom stereocenters. The fourth-order valence-electron chi connectivity index (χ4n) is 2.45. The Morgan fingerprint density at radius 3 is 2.24 bits per heavy atom. The van der Waals surface area contributed by atoms with E-state index >= 15 is 0 Å². The fraction of sp³-hybridized carbons (Fsp3) is 0.0500. The average Bonchev–Trinajstić information content (AvgIpc) is 3.18. The van der Waals surface area contributed by atoms with Crippen LogP contribution < -0.4 is 16.2 Å². The maximum absolute atomic E-state index is 13.9. The summed E-state index contributed by atoms with van der Waals surface area (Å²) in [5.74, 6) is -3.00. The van der Waals surface area contributed by atoms with E-state index in [0.717, 1.165) is 33.9 Å².